The third-order valence-electron chi connectivity index (χ3n) is 6.70. The van der Waals surface area contributed by atoms with Gasteiger partial charge in [-0.25, -0.2) is 0 Å². The molecular formula is C27H32N2O7. The van der Waals surface area contributed by atoms with Crippen LogP contribution in [-0.4, -0.2) is 87.3 Å². The second-order valence-corrected chi connectivity index (χ2v) is 8.71. The zero-order chi connectivity index (χ0) is 25.8. The molecule has 1 unspecified atom stereocenters. The zero-order valence-corrected chi connectivity index (χ0v) is 21.1. The molecule has 2 saturated heterocycles. The minimum Gasteiger partial charge on any atom is -0.507 e. The molecule has 9 nitrogen and oxygen atoms in total. The highest BCUT2D eigenvalue weighted by Crippen LogP contribution is 2.45. The van der Waals surface area contributed by atoms with Crippen molar-refractivity contribution < 1.29 is 33.6 Å². The average Bonchev–Trinajstić information content (AvgIpc) is 3.16. The lowest BCUT2D eigenvalue weighted by atomic mass is 9.94. The van der Waals surface area contributed by atoms with Crippen molar-refractivity contribution in [1.29, 1.82) is 0 Å². The Kier molecular flexibility index (Phi) is 7.81. The van der Waals surface area contributed by atoms with Gasteiger partial charge in [-0.2, -0.15) is 0 Å². The van der Waals surface area contributed by atoms with Crippen molar-refractivity contribution in [3.05, 3.63) is 58.7 Å². The number of aliphatic hydroxyl groups excluding tert-OH is 1. The van der Waals surface area contributed by atoms with E-state index in [1.54, 1.807) is 43.5 Å². The van der Waals surface area contributed by atoms with Crippen LogP contribution in [0.4, 0.5) is 0 Å². The zero-order valence-electron chi connectivity index (χ0n) is 21.1. The van der Waals surface area contributed by atoms with Gasteiger partial charge in [-0.15, -0.1) is 0 Å². The van der Waals surface area contributed by atoms with Crippen LogP contribution in [0.25, 0.3) is 5.76 Å². The Bertz CT molecular complexity index is 1170. The van der Waals surface area contributed by atoms with E-state index in [1.165, 1.54) is 19.1 Å². The van der Waals surface area contributed by atoms with Gasteiger partial charge in [0.1, 0.15) is 11.5 Å². The Morgan fingerprint density at radius 1 is 1.00 bits per heavy atom. The Labute approximate surface area is 210 Å². The van der Waals surface area contributed by atoms with Gasteiger partial charge < -0.3 is 29.0 Å². The summed E-state index contributed by atoms with van der Waals surface area (Å²) in [6, 6.07) is 9.58. The minimum atomic E-state index is -0.849. The van der Waals surface area contributed by atoms with E-state index in [9.17, 15) is 14.7 Å². The Hall–Kier alpha value is -3.56. The number of methoxy groups -OCH3 is 3. The number of morpholine rings is 1. The van der Waals surface area contributed by atoms with Gasteiger partial charge in [-0.1, -0.05) is 12.1 Å². The number of amides is 1. The molecule has 0 bridgehead atoms. The number of Topliss-reactive ketones (excluding diaryl/α,β-unsaturated/α-hetero) is 1. The van der Waals surface area contributed by atoms with Crippen molar-refractivity contribution in [3.63, 3.8) is 0 Å². The van der Waals surface area contributed by atoms with Crippen molar-refractivity contribution in [3.8, 4) is 17.2 Å². The first-order chi connectivity index (χ1) is 17.4. The molecule has 36 heavy (non-hydrogen) atoms. The number of benzene rings is 2. The molecule has 2 heterocycles. The van der Waals surface area contributed by atoms with E-state index in [0.717, 1.165) is 18.7 Å². The van der Waals surface area contributed by atoms with Crippen LogP contribution in [0.15, 0.2) is 42.0 Å². The Morgan fingerprint density at radius 2 is 1.72 bits per heavy atom. The summed E-state index contributed by atoms with van der Waals surface area (Å²) < 4.78 is 21.9. The summed E-state index contributed by atoms with van der Waals surface area (Å²) in [6.07, 6.45) is 0. The maximum absolute atomic E-state index is 13.4. The molecule has 1 N–H and O–H groups in total. The van der Waals surface area contributed by atoms with Crippen LogP contribution in [0.2, 0.25) is 0 Å². The van der Waals surface area contributed by atoms with Crippen LogP contribution in [0.1, 0.15) is 22.7 Å². The van der Waals surface area contributed by atoms with Gasteiger partial charge in [0, 0.05) is 37.3 Å². The molecule has 0 spiro atoms. The van der Waals surface area contributed by atoms with Crippen molar-refractivity contribution in [1.82, 2.24) is 9.80 Å². The number of ketones is 1. The summed E-state index contributed by atoms with van der Waals surface area (Å²) in [5.74, 6) is -0.122. The van der Waals surface area contributed by atoms with Crippen molar-refractivity contribution in [2.45, 2.75) is 13.0 Å². The van der Waals surface area contributed by atoms with E-state index in [0.29, 0.717) is 54.7 Å². The van der Waals surface area contributed by atoms with E-state index in [1.807, 2.05) is 6.92 Å². The summed E-state index contributed by atoms with van der Waals surface area (Å²) in [7, 11) is 4.60. The van der Waals surface area contributed by atoms with Crippen molar-refractivity contribution in [2.75, 3.05) is 60.7 Å². The molecule has 192 valence electrons. The molecule has 2 fully saturated rings. The molecule has 9 heteroatoms. The van der Waals surface area contributed by atoms with Crippen LogP contribution in [0.3, 0.4) is 0 Å². The summed E-state index contributed by atoms with van der Waals surface area (Å²) in [6.45, 7) is 5.48. The average molecular weight is 497 g/mol. The number of likely N-dealkylation sites (tertiary alicyclic amines) is 1. The number of aliphatic hydroxyl groups is 1. The molecule has 0 radical (unpaired) electrons. The van der Waals surface area contributed by atoms with Crippen LogP contribution in [0.5, 0.6) is 17.2 Å². The maximum atomic E-state index is 13.4. The molecule has 2 aromatic carbocycles. The number of rotatable bonds is 8. The van der Waals surface area contributed by atoms with Crippen LogP contribution in [0, 0.1) is 6.92 Å². The second-order valence-electron chi connectivity index (χ2n) is 8.71. The summed E-state index contributed by atoms with van der Waals surface area (Å²) in [5, 5.41) is 11.4. The normalized spacial score (nSPS) is 20.0. The second kappa shape index (κ2) is 11.0. The number of carbonyl (C=O) groups excluding carboxylic acids is 2. The Morgan fingerprint density at radius 3 is 2.36 bits per heavy atom. The predicted molar refractivity (Wildman–Crippen MR) is 134 cm³/mol. The smallest absolute Gasteiger partial charge is 0.295 e. The highest BCUT2D eigenvalue weighted by molar-refractivity contribution is 6.46. The fourth-order valence-electron chi connectivity index (χ4n) is 4.82. The van der Waals surface area contributed by atoms with E-state index < -0.39 is 17.7 Å². The molecule has 1 atom stereocenters. The first-order valence-electron chi connectivity index (χ1n) is 11.9. The number of nitrogens with zero attached hydrogens (tertiary/aromatic N) is 2. The lowest BCUT2D eigenvalue weighted by Gasteiger charge is -2.31. The van der Waals surface area contributed by atoms with Gasteiger partial charge in [-0.05, 0) is 36.8 Å². The fourth-order valence-corrected chi connectivity index (χ4v) is 4.82. The lowest BCUT2D eigenvalue weighted by molar-refractivity contribution is -0.140. The van der Waals surface area contributed by atoms with E-state index >= 15 is 0 Å². The molecular weight excluding hydrogens is 464 g/mol. The molecule has 0 aliphatic carbocycles. The number of aryl methyl sites for hydroxylation is 1. The molecule has 4 rings (SSSR count). The number of hydrogen-bond acceptors (Lipinski definition) is 8. The highest BCUT2D eigenvalue weighted by atomic mass is 16.5. The quantitative estimate of drug-likeness (QED) is 0.339. The van der Waals surface area contributed by atoms with Gasteiger partial charge in [0.15, 0.2) is 11.5 Å². The topological polar surface area (TPSA) is 97.8 Å². The minimum absolute atomic E-state index is 0.0121. The first-order valence-corrected chi connectivity index (χ1v) is 11.9. The lowest BCUT2D eigenvalue weighted by Crippen LogP contribution is -2.42. The summed E-state index contributed by atoms with van der Waals surface area (Å²) >= 11 is 0. The third-order valence-corrected chi connectivity index (χ3v) is 6.70. The van der Waals surface area contributed by atoms with Gasteiger partial charge in [0.25, 0.3) is 11.7 Å². The van der Waals surface area contributed by atoms with Crippen molar-refractivity contribution in [2.24, 2.45) is 0 Å². The largest absolute Gasteiger partial charge is 0.507 e. The standard InChI is InChI=1S/C27H32N2O7/c1-17-16-18(8-9-20(17)33-2)24(30)22-23(19-6-5-7-21(34-3)26(19)35-4)29(27(32)25(22)31)11-10-28-12-14-36-15-13-28/h5-9,16,23,30H,10-15H2,1-4H3/b24-22-. The van der Waals surface area contributed by atoms with Gasteiger partial charge in [0.05, 0.1) is 46.2 Å². The molecule has 1 amide bonds. The number of hydrogen-bond donors (Lipinski definition) is 1. The molecule has 0 saturated carbocycles. The van der Waals surface area contributed by atoms with Crippen LogP contribution in [-0.2, 0) is 14.3 Å². The third kappa shape index (κ3) is 4.76. The number of para-hydroxylation sites is 1. The molecule has 2 aromatic rings. The fraction of sp³-hybridized carbons (Fsp3) is 0.407. The van der Waals surface area contributed by atoms with E-state index in [4.69, 9.17) is 18.9 Å². The summed E-state index contributed by atoms with van der Waals surface area (Å²) in [4.78, 5) is 30.4. The van der Waals surface area contributed by atoms with Gasteiger partial charge >= 0.3 is 0 Å². The molecule has 0 aromatic heterocycles. The number of ether oxygens (including phenoxy) is 4. The summed E-state index contributed by atoms with van der Waals surface area (Å²) in [5.41, 5.74) is 1.79. The monoisotopic (exact) mass is 496 g/mol. The van der Waals surface area contributed by atoms with Gasteiger partial charge in [0.2, 0.25) is 0 Å². The van der Waals surface area contributed by atoms with Crippen LogP contribution >= 0.6 is 0 Å². The first kappa shape index (κ1) is 25.5. The molecule has 2 aliphatic rings. The predicted octanol–water partition coefficient (Wildman–Crippen LogP) is 2.77. The van der Waals surface area contributed by atoms with Crippen molar-refractivity contribution >= 4 is 17.4 Å². The van der Waals surface area contributed by atoms with E-state index in [2.05, 4.69) is 4.90 Å². The van der Waals surface area contributed by atoms with Gasteiger partial charge in [-0.3, -0.25) is 14.5 Å². The van der Waals surface area contributed by atoms with E-state index in [-0.39, 0.29) is 11.3 Å². The Balaban J connectivity index is 1.83. The number of carbonyl (C=O) groups is 2. The highest BCUT2D eigenvalue weighted by Gasteiger charge is 2.47. The van der Waals surface area contributed by atoms with Crippen LogP contribution < -0.4 is 14.2 Å². The molecule has 2 aliphatic heterocycles. The SMILES string of the molecule is COc1ccc(/C(O)=C2/C(=O)C(=O)N(CCN3CCOCC3)C2c2cccc(OC)c2OC)cc1C. The maximum Gasteiger partial charge on any atom is 0.295 e.